The van der Waals surface area contributed by atoms with Crippen molar-refractivity contribution in [2.24, 2.45) is 0 Å². The number of oxazole rings is 1. The van der Waals surface area contributed by atoms with E-state index in [0.29, 0.717) is 22.7 Å². The van der Waals surface area contributed by atoms with Gasteiger partial charge in [-0.25, -0.2) is 13.4 Å². The third-order valence-electron chi connectivity index (χ3n) is 3.66. The number of halogens is 1. The first-order chi connectivity index (χ1) is 11.6. The lowest BCUT2D eigenvalue weighted by Gasteiger charge is -2.11. The van der Waals surface area contributed by atoms with Crippen LogP contribution in [0.5, 0.6) is 0 Å². The van der Waals surface area contributed by atoms with Crippen LogP contribution in [0, 0.1) is 6.92 Å². The summed E-state index contributed by atoms with van der Waals surface area (Å²) in [7, 11) is -3.79. The van der Waals surface area contributed by atoms with Crippen LogP contribution < -0.4 is 4.72 Å². The second-order valence-electron chi connectivity index (χ2n) is 6.99. The molecule has 0 saturated heterocycles. The molecule has 0 bridgehead atoms. The van der Waals surface area contributed by atoms with Crippen molar-refractivity contribution in [1.82, 2.24) is 4.98 Å². The van der Waals surface area contributed by atoms with Crippen LogP contribution in [0.1, 0.15) is 32.2 Å². The molecule has 0 aliphatic heterocycles. The first-order valence-corrected chi connectivity index (χ1v) is 9.62. The highest BCUT2D eigenvalue weighted by atomic mass is 35.5. The molecule has 0 spiro atoms. The van der Waals surface area contributed by atoms with Crippen molar-refractivity contribution >= 4 is 38.4 Å². The minimum atomic E-state index is -3.79. The van der Waals surface area contributed by atoms with E-state index in [1.807, 2.05) is 27.7 Å². The Balaban J connectivity index is 1.96. The standard InChI is InChI=1S/C18H19ClN2O3S/c1-11-5-8-16(13(19)9-11)25(22,23)21-12-6-7-15-14(10-12)20-17(24-15)18(2,3)4/h5-10,21H,1-4H3. The molecule has 5 nitrogen and oxygen atoms in total. The summed E-state index contributed by atoms with van der Waals surface area (Å²) in [5, 5.41) is 0.185. The fraction of sp³-hybridized carbons (Fsp3) is 0.278. The summed E-state index contributed by atoms with van der Waals surface area (Å²) < 4.78 is 33.5. The quantitative estimate of drug-likeness (QED) is 0.704. The summed E-state index contributed by atoms with van der Waals surface area (Å²) in [5.74, 6) is 0.601. The third kappa shape index (κ3) is 3.65. The predicted molar refractivity (Wildman–Crippen MR) is 99.7 cm³/mol. The van der Waals surface area contributed by atoms with E-state index >= 15 is 0 Å². The zero-order chi connectivity index (χ0) is 18.4. The van der Waals surface area contributed by atoms with E-state index in [2.05, 4.69) is 9.71 Å². The van der Waals surface area contributed by atoms with E-state index in [9.17, 15) is 8.42 Å². The van der Waals surface area contributed by atoms with Crippen molar-refractivity contribution < 1.29 is 12.8 Å². The molecule has 0 aliphatic rings. The molecule has 0 radical (unpaired) electrons. The van der Waals surface area contributed by atoms with E-state index < -0.39 is 10.0 Å². The predicted octanol–water partition coefficient (Wildman–Crippen LogP) is 4.89. The van der Waals surface area contributed by atoms with Gasteiger partial charge in [-0.05, 0) is 42.8 Å². The highest BCUT2D eigenvalue weighted by Crippen LogP contribution is 2.29. The second-order valence-corrected chi connectivity index (χ2v) is 9.05. The van der Waals surface area contributed by atoms with Gasteiger partial charge in [0, 0.05) is 5.41 Å². The summed E-state index contributed by atoms with van der Waals surface area (Å²) in [6, 6.07) is 9.80. The van der Waals surface area contributed by atoms with Gasteiger partial charge in [-0.2, -0.15) is 0 Å². The molecule has 0 saturated carbocycles. The van der Waals surface area contributed by atoms with E-state index in [0.717, 1.165) is 5.56 Å². The number of rotatable bonds is 3. The number of fused-ring (bicyclic) bond motifs is 1. The fourth-order valence-electron chi connectivity index (χ4n) is 2.35. The van der Waals surface area contributed by atoms with Gasteiger partial charge >= 0.3 is 0 Å². The number of benzene rings is 2. The summed E-state index contributed by atoms with van der Waals surface area (Å²) in [6.07, 6.45) is 0. The molecule has 7 heteroatoms. The van der Waals surface area contributed by atoms with E-state index in [4.69, 9.17) is 16.0 Å². The Hall–Kier alpha value is -2.05. The maximum atomic E-state index is 12.6. The monoisotopic (exact) mass is 378 g/mol. The molecule has 0 fully saturated rings. The average Bonchev–Trinajstić information content (AvgIpc) is 2.89. The van der Waals surface area contributed by atoms with Crippen LogP contribution in [0.4, 0.5) is 5.69 Å². The molecule has 2 aromatic carbocycles. The summed E-state index contributed by atoms with van der Waals surface area (Å²) in [5.41, 5.74) is 2.27. The van der Waals surface area contributed by atoms with Crippen molar-refractivity contribution in [3.8, 4) is 0 Å². The Morgan fingerprint density at radius 2 is 1.84 bits per heavy atom. The average molecular weight is 379 g/mol. The van der Waals surface area contributed by atoms with Gasteiger partial charge in [0.1, 0.15) is 10.4 Å². The zero-order valence-corrected chi connectivity index (χ0v) is 16.0. The molecule has 1 heterocycles. The molecule has 25 heavy (non-hydrogen) atoms. The Morgan fingerprint density at radius 3 is 2.48 bits per heavy atom. The van der Waals surface area contributed by atoms with Gasteiger partial charge in [0.2, 0.25) is 5.89 Å². The lowest BCUT2D eigenvalue weighted by Crippen LogP contribution is -2.13. The number of anilines is 1. The topological polar surface area (TPSA) is 72.2 Å². The number of aromatic nitrogens is 1. The van der Waals surface area contributed by atoms with Gasteiger partial charge in [-0.1, -0.05) is 38.4 Å². The molecule has 0 atom stereocenters. The molecular weight excluding hydrogens is 360 g/mol. The van der Waals surface area contributed by atoms with Crippen LogP contribution in [0.2, 0.25) is 5.02 Å². The Kier molecular flexibility index (Phi) is 4.29. The second kappa shape index (κ2) is 6.04. The molecule has 0 unspecified atom stereocenters. The molecule has 1 aromatic heterocycles. The van der Waals surface area contributed by atoms with Gasteiger partial charge in [0.05, 0.1) is 10.7 Å². The first-order valence-electron chi connectivity index (χ1n) is 7.76. The zero-order valence-electron chi connectivity index (χ0n) is 14.4. The summed E-state index contributed by atoms with van der Waals surface area (Å²) >= 11 is 6.08. The van der Waals surface area contributed by atoms with Crippen LogP contribution >= 0.6 is 11.6 Å². The molecule has 3 aromatic rings. The van der Waals surface area contributed by atoms with Crippen molar-refractivity contribution in [3.63, 3.8) is 0 Å². The molecule has 1 N–H and O–H groups in total. The third-order valence-corrected chi connectivity index (χ3v) is 5.52. The van der Waals surface area contributed by atoms with Crippen LogP contribution in [0.25, 0.3) is 11.1 Å². The van der Waals surface area contributed by atoms with E-state index in [-0.39, 0.29) is 15.3 Å². The molecular formula is C18H19ClN2O3S. The van der Waals surface area contributed by atoms with Gasteiger partial charge in [0.15, 0.2) is 5.58 Å². The molecule has 0 aliphatic carbocycles. The first kappa shape index (κ1) is 17.8. The van der Waals surface area contributed by atoms with E-state index in [1.54, 1.807) is 30.3 Å². The lowest BCUT2D eigenvalue weighted by atomic mass is 9.97. The summed E-state index contributed by atoms with van der Waals surface area (Å²) in [4.78, 5) is 4.49. The SMILES string of the molecule is Cc1ccc(S(=O)(=O)Nc2ccc3oc(C(C)(C)C)nc3c2)c(Cl)c1. The normalized spacial score (nSPS) is 12.5. The maximum absolute atomic E-state index is 12.6. The number of hydrogen-bond acceptors (Lipinski definition) is 4. The number of nitrogens with one attached hydrogen (secondary N) is 1. The molecule has 132 valence electrons. The molecule has 3 rings (SSSR count). The van der Waals surface area contributed by atoms with Crippen LogP contribution in [-0.2, 0) is 15.4 Å². The van der Waals surface area contributed by atoms with Gasteiger partial charge in [-0.3, -0.25) is 4.72 Å². The Bertz CT molecular complexity index is 1050. The number of nitrogens with zero attached hydrogens (tertiary/aromatic N) is 1. The maximum Gasteiger partial charge on any atom is 0.263 e. The Labute approximate surface area is 152 Å². The van der Waals surface area contributed by atoms with E-state index in [1.165, 1.54) is 6.07 Å². The van der Waals surface area contributed by atoms with Gasteiger partial charge in [0.25, 0.3) is 10.0 Å². The molecule has 0 amide bonds. The van der Waals surface area contributed by atoms with Crippen molar-refractivity contribution in [2.75, 3.05) is 4.72 Å². The Morgan fingerprint density at radius 1 is 1.12 bits per heavy atom. The van der Waals surface area contributed by atoms with Gasteiger partial charge < -0.3 is 4.42 Å². The number of sulfonamides is 1. The van der Waals surface area contributed by atoms with Crippen molar-refractivity contribution in [2.45, 2.75) is 38.0 Å². The largest absolute Gasteiger partial charge is 0.440 e. The van der Waals surface area contributed by atoms with Crippen LogP contribution in [0.15, 0.2) is 45.7 Å². The van der Waals surface area contributed by atoms with Crippen molar-refractivity contribution in [1.29, 1.82) is 0 Å². The lowest BCUT2D eigenvalue weighted by molar-refractivity contribution is 0.411. The van der Waals surface area contributed by atoms with Gasteiger partial charge in [-0.15, -0.1) is 0 Å². The van der Waals surface area contributed by atoms with Crippen molar-refractivity contribution in [3.05, 3.63) is 52.9 Å². The number of aryl methyl sites for hydroxylation is 1. The minimum absolute atomic E-state index is 0.0374. The minimum Gasteiger partial charge on any atom is -0.440 e. The summed E-state index contributed by atoms with van der Waals surface area (Å²) in [6.45, 7) is 7.85. The highest BCUT2D eigenvalue weighted by Gasteiger charge is 2.22. The number of hydrogen-bond donors (Lipinski definition) is 1. The van der Waals surface area contributed by atoms with Crippen LogP contribution in [-0.4, -0.2) is 13.4 Å². The smallest absolute Gasteiger partial charge is 0.263 e. The fourth-order valence-corrected chi connectivity index (χ4v) is 4.00. The highest BCUT2D eigenvalue weighted by molar-refractivity contribution is 7.92. The van der Waals surface area contributed by atoms with Crippen LogP contribution in [0.3, 0.4) is 0 Å².